The van der Waals surface area contributed by atoms with Crippen LogP contribution in [0.4, 0.5) is 4.39 Å². The Labute approximate surface area is 112 Å². The summed E-state index contributed by atoms with van der Waals surface area (Å²) in [5.74, 6) is -0.354. The van der Waals surface area contributed by atoms with Crippen LogP contribution in [0.3, 0.4) is 0 Å². The maximum atomic E-state index is 13.3. The molecule has 2 rings (SSSR count). The van der Waals surface area contributed by atoms with E-state index in [0.717, 1.165) is 12.0 Å². The number of nitrogens with zero attached hydrogens (tertiary/aromatic N) is 1. The Bertz CT molecular complexity index is 453. The minimum absolute atomic E-state index is 0.00771. The van der Waals surface area contributed by atoms with Gasteiger partial charge in [-0.1, -0.05) is 12.1 Å². The number of piperidine rings is 1. The van der Waals surface area contributed by atoms with E-state index in [2.05, 4.69) is 4.74 Å². The fourth-order valence-corrected chi connectivity index (χ4v) is 2.61. The van der Waals surface area contributed by atoms with Gasteiger partial charge >= 0.3 is 5.97 Å². The third kappa shape index (κ3) is 3.75. The molecule has 1 heterocycles. The summed E-state index contributed by atoms with van der Waals surface area (Å²) in [7, 11) is 1.37. The van der Waals surface area contributed by atoms with E-state index < -0.39 is 0 Å². The lowest BCUT2D eigenvalue weighted by Crippen LogP contribution is -2.48. The highest BCUT2D eigenvalue weighted by molar-refractivity contribution is 5.71. The Morgan fingerprint density at radius 3 is 3.00 bits per heavy atom. The number of carbonyl (C=O) groups excluding carboxylic acids is 1. The van der Waals surface area contributed by atoms with E-state index in [0.29, 0.717) is 13.1 Å². The SMILES string of the molecule is COC(=O)CN1CC(N)CC(c2cccc(F)c2)C1. The lowest BCUT2D eigenvalue weighted by Gasteiger charge is -2.35. The van der Waals surface area contributed by atoms with E-state index in [1.54, 1.807) is 12.1 Å². The molecule has 0 bridgehead atoms. The van der Waals surface area contributed by atoms with Crippen molar-refractivity contribution >= 4 is 5.97 Å². The maximum Gasteiger partial charge on any atom is 0.319 e. The van der Waals surface area contributed by atoms with Crippen LogP contribution in [0.15, 0.2) is 24.3 Å². The first-order valence-corrected chi connectivity index (χ1v) is 6.38. The maximum absolute atomic E-state index is 13.3. The molecule has 1 saturated heterocycles. The summed E-state index contributed by atoms with van der Waals surface area (Å²) in [6, 6.07) is 6.57. The number of hydrogen-bond donors (Lipinski definition) is 1. The number of hydrogen-bond acceptors (Lipinski definition) is 4. The molecule has 2 atom stereocenters. The largest absolute Gasteiger partial charge is 0.468 e. The molecule has 4 nitrogen and oxygen atoms in total. The smallest absolute Gasteiger partial charge is 0.319 e. The average molecular weight is 266 g/mol. The first kappa shape index (κ1) is 14.0. The van der Waals surface area contributed by atoms with E-state index in [4.69, 9.17) is 5.73 Å². The predicted octanol–water partition coefficient (Wildman–Crippen LogP) is 1.12. The molecule has 2 unspecified atom stereocenters. The number of rotatable bonds is 3. The molecule has 5 heteroatoms. The lowest BCUT2D eigenvalue weighted by atomic mass is 9.88. The number of likely N-dealkylation sites (tertiary alicyclic amines) is 1. The molecule has 104 valence electrons. The predicted molar refractivity (Wildman–Crippen MR) is 70.2 cm³/mol. The Hall–Kier alpha value is -1.46. The van der Waals surface area contributed by atoms with Gasteiger partial charge in [0.1, 0.15) is 5.82 Å². The average Bonchev–Trinajstić information content (AvgIpc) is 2.38. The second-order valence-corrected chi connectivity index (χ2v) is 5.02. The topological polar surface area (TPSA) is 55.6 Å². The zero-order chi connectivity index (χ0) is 13.8. The van der Waals surface area contributed by atoms with Gasteiger partial charge in [0.25, 0.3) is 0 Å². The van der Waals surface area contributed by atoms with Gasteiger partial charge in [0.2, 0.25) is 0 Å². The normalized spacial score (nSPS) is 24.2. The highest BCUT2D eigenvalue weighted by atomic mass is 19.1. The van der Waals surface area contributed by atoms with Crippen molar-refractivity contribution in [3.8, 4) is 0 Å². The van der Waals surface area contributed by atoms with Crippen LogP contribution >= 0.6 is 0 Å². The first-order valence-electron chi connectivity index (χ1n) is 6.38. The van der Waals surface area contributed by atoms with Crippen LogP contribution in [0.1, 0.15) is 17.9 Å². The van der Waals surface area contributed by atoms with Crippen LogP contribution < -0.4 is 5.73 Å². The number of benzene rings is 1. The van der Waals surface area contributed by atoms with Gasteiger partial charge in [0.05, 0.1) is 13.7 Å². The van der Waals surface area contributed by atoms with Crippen LogP contribution in [0.2, 0.25) is 0 Å². The van der Waals surface area contributed by atoms with Crippen molar-refractivity contribution in [1.29, 1.82) is 0 Å². The van der Waals surface area contributed by atoms with Gasteiger partial charge in [-0.15, -0.1) is 0 Å². The number of esters is 1. The van der Waals surface area contributed by atoms with E-state index >= 15 is 0 Å². The van der Waals surface area contributed by atoms with E-state index in [1.807, 2.05) is 11.0 Å². The molecule has 0 spiro atoms. The van der Waals surface area contributed by atoms with E-state index in [1.165, 1.54) is 13.2 Å². The summed E-state index contributed by atoms with van der Waals surface area (Å²) >= 11 is 0. The van der Waals surface area contributed by atoms with E-state index in [-0.39, 0.29) is 30.3 Å². The third-order valence-corrected chi connectivity index (χ3v) is 3.46. The van der Waals surface area contributed by atoms with Crippen LogP contribution in [0.5, 0.6) is 0 Å². The third-order valence-electron chi connectivity index (χ3n) is 3.46. The molecule has 1 aromatic carbocycles. The van der Waals surface area contributed by atoms with Crippen molar-refractivity contribution in [2.45, 2.75) is 18.4 Å². The highest BCUT2D eigenvalue weighted by Gasteiger charge is 2.27. The summed E-state index contributed by atoms with van der Waals surface area (Å²) in [4.78, 5) is 13.3. The van der Waals surface area contributed by atoms with Crippen LogP contribution in [0.25, 0.3) is 0 Å². The second kappa shape index (κ2) is 6.12. The monoisotopic (exact) mass is 266 g/mol. The molecule has 0 aromatic heterocycles. The second-order valence-electron chi connectivity index (χ2n) is 5.02. The molecule has 0 aliphatic carbocycles. The number of methoxy groups -OCH3 is 1. The molecule has 2 N–H and O–H groups in total. The van der Waals surface area contributed by atoms with Crippen molar-refractivity contribution in [3.05, 3.63) is 35.6 Å². The van der Waals surface area contributed by atoms with Crippen LogP contribution in [-0.4, -0.2) is 43.7 Å². The van der Waals surface area contributed by atoms with E-state index in [9.17, 15) is 9.18 Å². The van der Waals surface area contributed by atoms with Gasteiger partial charge in [0, 0.05) is 19.1 Å². The molecule has 0 saturated carbocycles. The molecule has 0 amide bonds. The lowest BCUT2D eigenvalue weighted by molar-refractivity contribution is -0.142. The number of halogens is 1. The van der Waals surface area contributed by atoms with Crippen LogP contribution in [-0.2, 0) is 9.53 Å². The molecular weight excluding hydrogens is 247 g/mol. The van der Waals surface area contributed by atoms with Crippen molar-refractivity contribution in [1.82, 2.24) is 4.90 Å². The van der Waals surface area contributed by atoms with Gasteiger partial charge < -0.3 is 10.5 Å². The number of ether oxygens (including phenoxy) is 1. The Morgan fingerprint density at radius 1 is 1.53 bits per heavy atom. The summed E-state index contributed by atoms with van der Waals surface area (Å²) in [5, 5.41) is 0. The minimum Gasteiger partial charge on any atom is -0.468 e. The summed E-state index contributed by atoms with van der Waals surface area (Å²) in [6.07, 6.45) is 0.807. The molecule has 1 fully saturated rings. The summed E-state index contributed by atoms with van der Waals surface area (Å²) in [6.45, 7) is 1.60. The van der Waals surface area contributed by atoms with Crippen molar-refractivity contribution in [2.75, 3.05) is 26.7 Å². The Morgan fingerprint density at radius 2 is 2.32 bits per heavy atom. The van der Waals surface area contributed by atoms with Crippen molar-refractivity contribution in [2.24, 2.45) is 5.73 Å². The molecule has 19 heavy (non-hydrogen) atoms. The summed E-state index contributed by atoms with van der Waals surface area (Å²) < 4.78 is 17.9. The molecule has 0 radical (unpaired) electrons. The van der Waals surface area contributed by atoms with Crippen molar-refractivity contribution < 1.29 is 13.9 Å². The molecule has 1 aliphatic heterocycles. The van der Waals surface area contributed by atoms with Crippen LogP contribution in [0, 0.1) is 5.82 Å². The standard InChI is InChI=1S/C14H19FN2O2/c1-19-14(18)9-17-7-11(6-13(16)8-17)10-3-2-4-12(15)5-10/h2-5,11,13H,6-9,16H2,1H3. The van der Waals surface area contributed by atoms with Gasteiger partial charge in [-0.25, -0.2) is 4.39 Å². The molecular formula is C14H19FN2O2. The van der Waals surface area contributed by atoms with Gasteiger partial charge in [0.15, 0.2) is 0 Å². The minimum atomic E-state index is -0.271. The number of nitrogens with two attached hydrogens (primary N) is 1. The quantitative estimate of drug-likeness (QED) is 0.833. The number of carbonyl (C=O) groups is 1. The Kier molecular flexibility index (Phi) is 4.50. The van der Waals surface area contributed by atoms with Gasteiger partial charge in [-0.3, -0.25) is 9.69 Å². The molecule has 1 aliphatic rings. The summed E-state index contributed by atoms with van der Waals surface area (Å²) in [5.41, 5.74) is 6.96. The molecule has 1 aromatic rings. The van der Waals surface area contributed by atoms with Crippen molar-refractivity contribution in [3.63, 3.8) is 0 Å². The van der Waals surface area contributed by atoms with Gasteiger partial charge in [-0.05, 0) is 30.0 Å². The fraction of sp³-hybridized carbons (Fsp3) is 0.500. The zero-order valence-corrected chi connectivity index (χ0v) is 11.0. The fourth-order valence-electron chi connectivity index (χ4n) is 2.61. The van der Waals surface area contributed by atoms with Gasteiger partial charge in [-0.2, -0.15) is 0 Å². The highest BCUT2D eigenvalue weighted by Crippen LogP contribution is 2.26. The first-order chi connectivity index (χ1) is 9.08. The Balaban J connectivity index is 2.07. The zero-order valence-electron chi connectivity index (χ0n) is 11.0.